The van der Waals surface area contributed by atoms with Gasteiger partial charge in [-0.15, -0.1) is 0 Å². The lowest BCUT2D eigenvalue weighted by molar-refractivity contribution is 0.0973. The molecular formula is C17H14BrNO. The lowest BCUT2D eigenvalue weighted by atomic mass is 10.1. The van der Waals surface area contributed by atoms with E-state index >= 15 is 0 Å². The number of Topliss-reactive ketones (excluding diaryl/α,β-unsaturated/α-hetero) is 1. The van der Waals surface area contributed by atoms with E-state index in [0.29, 0.717) is 6.54 Å². The van der Waals surface area contributed by atoms with Crippen LogP contribution in [0.4, 0.5) is 0 Å². The summed E-state index contributed by atoms with van der Waals surface area (Å²) in [7, 11) is 0. The third-order valence-electron chi connectivity index (χ3n) is 3.50. The van der Waals surface area contributed by atoms with E-state index in [0.717, 1.165) is 26.5 Å². The topological polar surface area (TPSA) is 22.0 Å². The molecule has 1 aromatic heterocycles. The molecule has 0 aliphatic rings. The zero-order chi connectivity index (χ0) is 14.1. The Hall–Kier alpha value is -1.87. The van der Waals surface area contributed by atoms with Crippen molar-refractivity contribution in [3.8, 4) is 0 Å². The fraction of sp³-hybridized carbons (Fsp3) is 0.118. The Labute approximate surface area is 126 Å². The maximum atomic E-state index is 12.4. The lowest BCUT2D eigenvalue weighted by Gasteiger charge is -2.07. The number of ketones is 1. The molecule has 100 valence electrons. The highest BCUT2D eigenvalue weighted by Gasteiger charge is 2.10. The van der Waals surface area contributed by atoms with E-state index in [1.807, 2.05) is 66.2 Å². The van der Waals surface area contributed by atoms with Gasteiger partial charge in [0.15, 0.2) is 5.78 Å². The Morgan fingerprint density at radius 2 is 1.95 bits per heavy atom. The summed E-state index contributed by atoms with van der Waals surface area (Å²) in [4.78, 5) is 12.4. The van der Waals surface area contributed by atoms with Crippen LogP contribution >= 0.6 is 15.9 Å². The van der Waals surface area contributed by atoms with Gasteiger partial charge in [-0.05, 0) is 36.1 Å². The van der Waals surface area contributed by atoms with Crippen LogP contribution in [0.25, 0.3) is 10.9 Å². The number of rotatable bonds is 3. The summed E-state index contributed by atoms with van der Waals surface area (Å²) in [6.45, 7) is 2.34. The zero-order valence-corrected chi connectivity index (χ0v) is 12.7. The molecule has 0 N–H and O–H groups in total. The molecule has 3 heteroatoms. The van der Waals surface area contributed by atoms with Gasteiger partial charge in [0.1, 0.15) is 0 Å². The van der Waals surface area contributed by atoms with Crippen LogP contribution in [0.15, 0.2) is 59.2 Å². The maximum absolute atomic E-state index is 12.4. The second-order valence-electron chi connectivity index (χ2n) is 4.88. The van der Waals surface area contributed by atoms with Crippen molar-refractivity contribution in [3.05, 3.63) is 70.3 Å². The molecule has 0 atom stereocenters. The van der Waals surface area contributed by atoms with Crippen molar-refractivity contribution in [2.45, 2.75) is 13.5 Å². The average Bonchev–Trinajstić information content (AvgIpc) is 2.82. The van der Waals surface area contributed by atoms with Gasteiger partial charge < -0.3 is 4.57 Å². The van der Waals surface area contributed by atoms with Crippen LogP contribution < -0.4 is 0 Å². The highest BCUT2D eigenvalue weighted by atomic mass is 79.9. The Kier molecular flexibility index (Phi) is 3.45. The van der Waals surface area contributed by atoms with Crippen molar-refractivity contribution in [2.24, 2.45) is 0 Å². The number of hydrogen-bond acceptors (Lipinski definition) is 1. The molecule has 2 nitrogen and oxygen atoms in total. The minimum Gasteiger partial charge on any atom is -0.340 e. The first-order valence-electron chi connectivity index (χ1n) is 6.48. The molecule has 0 spiro atoms. The molecule has 2 aromatic carbocycles. The molecule has 0 radical (unpaired) electrons. The van der Waals surface area contributed by atoms with Gasteiger partial charge in [0.05, 0.1) is 6.54 Å². The Morgan fingerprint density at radius 1 is 1.15 bits per heavy atom. The van der Waals surface area contributed by atoms with Gasteiger partial charge in [-0.2, -0.15) is 0 Å². The first-order chi connectivity index (χ1) is 9.65. The highest BCUT2D eigenvalue weighted by Crippen LogP contribution is 2.21. The Morgan fingerprint density at radius 3 is 2.75 bits per heavy atom. The van der Waals surface area contributed by atoms with Gasteiger partial charge in [-0.25, -0.2) is 0 Å². The van der Waals surface area contributed by atoms with Gasteiger partial charge in [0.2, 0.25) is 0 Å². The lowest BCUT2D eigenvalue weighted by Crippen LogP contribution is -2.10. The summed E-state index contributed by atoms with van der Waals surface area (Å²) in [6.07, 6.45) is 1.97. The zero-order valence-electron chi connectivity index (χ0n) is 11.1. The third kappa shape index (κ3) is 2.41. The molecule has 20 heavy (non-hydrogen) atoms. The minimum absolute atomic E-state index is 0.139. The third-order valence-corrected chi connectivity index (χ3v) is 3.99. The van der Waals surface area contributed by atoms with E-state index < -0.39 is 0 Å². The van der Waals surface area contributed by atoms with Crippen molar-refractivity contribution >= 4 is 32.6 Å². The molecule has 0 aliphatic carbocycles. The van der Waals surface area contributed by atoms with Crippen LogP contribution in [0.1, 0.15) is 15.9 Å². The van der Waals surface area contributed by atoms with Crippen LogP contribution in [0.3, 0.4) is 0 Å². The van der Waals surface area contributed by atoms with E-state index in [2.05, 4.69) is 15.9 Å². The highest BCUT2D eigenvalue weighted by molar-refractivity contribution is 9.10. The largest absolute Gasteiger partial charge is 0.340 e. The predicted molar refractivity (Wildman–Crippen MR) is 85.1 cm³/mol. The normalized spacial score (nSPS) is 10.9. The number of aryl methyl sites for hydroxylation is 1. The van der Waals surface area contributed by atoms with E-state index in [-0.39, 0.29) is 5.78 Å². The van der Waals surface area contributed by atoms with Crippen LogP contribution in [0.2, 0.25) is 0 Å². The Balaban J connectivity index is 1.96. The first-order valence-corrected chi connectivity index (χ1v) is 7.28. The monoisotopic (exact) mass is 327 g/mol. The number of nitrogens with zero attached hydrogens (tertiary/aromatic N) is 1. The van der Waals surface area contributed by atoms with Crippen molar-refractivity contribution in [1.29, 1.82) is 0 Å². The van der Waals surface area contributed by atoms with E-state index in [9.17, 15) is 4.79 Å². The van der Waals surface area contributed by atoms with E-state index in [1.165, 1.54) is 0 Å². The minimum atomic E-state index is 0.139. The average molecular weight is 328 g/mol. The summed E-state index contributed by atoms with van der Waals surface area (Å²) in [6, 6.07) is 15.9. The molecule has 0 unspecified atom stereocenters. The molecule has 0 amide bonds. The van der Waals surface area contributed by atoms with Crippen molar-refractivity contribution in [3.63, 3.8) is 0 Å². The number of fused-ring (bicyclic) bond motifs is 1. The molecule has 0 aliphatic heterocycles. The molecule has 0 fully saturated rings. The van der Waals surface area contributed by atoms with Gasteiger partial charge in [-0.1, -0.05) is 46.3 Å². The van der Waals surface area contributed by atoms with Crippen LogP contribution in [0, 0.1) is 6.92 Å². The predicted octanol–water partition coefficient (Wildman–Crippen LogP) is 4.60. The molecule has 3 rings (SSSR count). The van der Waals surface area contributed by atoms with Gasteiger partial charge in [0, 0.05) is 21.7 Å². The molecule has 0 saturated carbocycles. The SMILES string of the molecule is Cc1ccccc1C(=O)Cn1ccc2ccc(Br)cc21. The van der Waals surface area contributed by atoms with Gasteiger partial charge >= 0.3 is 0 Å². The molecule has 0 bridgehead atoms. The fourth-order valence-corrected chi connectivity index (χ4v) is 2.77. The number of hydrogen-bond donors (Lipinski definition) is 0. The summed E-state index contributed by atoms with van der Waals surface area (Å²) in [5.74, 6) is 0.139. The van der Waals surface area contributed by atoms with E-state index in [4.69, 9.17) is 0 Å². The summed E-state index contributed by atoms with van der Waals surface area (Å²) in [5.41, 5.74) is 2.89. The number of halogens is 1. The Bertz CT molecular complexity index is 789. The van der Waals surface area contributed by atoms with Crippen LogP contribution in [0.5, 0.6) is 0 Å². The summed E-state index contributed by atoms with van der Waals surface area (Å²) < 4.78 is 3.02. The standard InChI is InChI=1S/C17H14BrNO/c1-12-4-2-3-5-15(12)17(20)11-19-9-8-13-6-7-14(18)10-16(13)19/h2-10H,11H2,1H3. The smallest absolute Gasteiger partial charge is 0.182 e. The molecule has 3 aromatic rings. The second-order valence-corrected chi connectivity index (χ2v) is 5.80. The van der Waals surface area contributed by atoms with E-state index in [1.54, 1.807) is 0 Å². The van der Waals surface area contributed by atoms with Gasteiger partial charge in [-0.3, -0.25) is 4.79 Å². The first kappa shape index (κ1) is 13.1. The number of carbonyl (C=O) groups is 1. The van der Waals surface area contributed by atoms with Crippen LogP contribution in [-0.4, -0.2) is 10.4 Å². The van der Waals surface area contributed by atoms with Crippen molar-refractivity contribution < 1.29 is 4.79 Å². The van der Waals surface area contributed by atoms with Crippen molar-refractivity contribution in [1.82, 2.24) is 4.57 Å². The number of carbonyl (C=O) groups excluding carboxylic acids is 1. The number of benzene rings is 2. The summed E-state index contributed by atoms with van der Waals surface area (Å²) in [5, 5.41) is 1.14. The number of aromatic nitrogens is 1. The molecule has 0 saturated heterocycles. The summed E-state index contributed by atoms with van der Waals surface area (Å²) >= 11 is 3.48. The second kappa shape index (κ2) is 5.25. The van der Waals surface area contributed by atoms with Crippen LogP contribution in [-0.2, 0) is 6.54 Å². The maximum Gasteiger partial charge on any atom is 0.182 e. The molecular weight excluding hydrogens is 314 g/mol. The van der Waals surface area contributed by atoms with Gasteiger partial charge in [0.25, 0.3) is 0 Å². The van der Waals surface area contributed by atoms with Crippen molar-refractivity contribution in [2.75, 3.05) is 0 Å². The quantitative estimate of drug-likeness (QED) is 0.644. The fourth-order valence-electron chi connectivity index (χ4n) is 2.42. The molecule has 1 heterocycles.